The lowest BCUT2D eigenvalue weighted by atomic mass is 10.2. The summed E-state index contributed by atoms with van der Waals surface area (Å²) in [5.41, 5.74) is 5.61. The molecule has 0 saturated heterocycles. The van der Waals surface area contributed by atoms with E-state index >= 15 is 0 Å². The standard InChI is InChI=1S/C9H14N2O/c1-12-10-6-8-5-9-3-2-4-11(9)7-8/h5,7,10H,2-4,6H2,1H3. The van der Waals surface area contributed by atoms with Crippen molar-refractivity contribution in [1.29, 1.82) is 0 Å². The highest BCUT2D eigenvalue weighted by molar-refractivity contribution is 5.20. The summed E-state index contributed by atoms with van der Waals surface area (Å²) in [6.45, 7) is 1.98. The zero-order valence-corrected chi connectivity index (χ0v) is 7.34. The molecule has 0 aromatic carbocycles. The number of aryl methyl sites for hydroxylation is 2. The van der Waals surface area contributed by atoms with Crippen LogP contribution in [0.25, 0.3) is 0 Å². The van der Waals surface area contributed by atoms with Gasteiger partial charge in [0.1, 0.15) is 0 Å². The minimum Gasteiger partial charge on any atom is -0.351 e. The Hall–Kier alpha value is -0.800. The van der Waals surface area contributed by atoms with Crippen molar-refractivity contribution in [2.45, 2.75) is 25.9 Å². The van der Waals surface area contributed by atoms with E-state index in [1.807, 2.05) is 0 Å². The number of rotatable bonds is 3. The van der Waals surface area contributed by atoms with Gasteiger partial charge in [0.2, 0.25) is 0 Å². The second-order valence-electron chi connectivity index (χ2n) is 3.16. The molecule has 0 spiro atoms. The molecule has 0 atom stereocenters. The minimum atomic E-state index is 0.802. The molecule has 0 saturated carbocycles. The van der Waals surface area contributed by atoms with Crippen LogP contribution in [-0.2, 0) is 24.3 Å². The van der Waals surface area contributed by atoms with Gasteiger partial charge < -0.3 is 9.40 Å². The van der Waals surface area contributed by atoms with Crippen molar-refractivity contribution in [2.75, 3.05) is 7.11 Å². The van der Waals surface area contributed by atoms with Crippen LogP contribution in [0.3, 0.4) is 0 Å². The third-order valence-electron chi connectivity index (χ3n) is 2.30. The number of hydrogen-bond acceptors (Lipinski definition) is 2. The second-order valence-corrected chi connectivity index (χ2v) is 3.16. The Morgan fingerprint density at radius 1 is 1.67 bits per heavy atom. The SMILES string of the molecule is CONCc1cc2n(c1)CCC2. The first-order valence-electron chi connectivity index (χ1n) is 4.34. The van der Waals surface area contributed by atoms with E-state index in [2.05, 4.69) is 22.3 Å². The maximum absolute atomic E-state index is 4.79. The molecule has 0 aliphatic carbocycles. The molecule has 0 unspecified atom stereocenters. The summed E-state index contributed by atoms with van der Waals surface area (Å²) >= 11 is 0. The minimum absolute atomic E-state index is 0.802. The first-order valence-corrected chi connectivity index (χ1v) is 4.34. The van der Waals surface area contributed by atoms with E-state index in [0.29, 0.717) is 0 Å². The number of hydrogen-bond donors (Lipinski definition) is 1. The van der Waals surface area contributed by atoms with Gasteiger partial charge in [-0.25, -0.2) is 0 Å². The van der Waals surface area contributed by atoms with E-state index in [1.165, 1.54) is 30.6 Å². The molecule has 3 heteroatoms. The Bertz CT molecular complexity index is 246. The van der Waals surface area contributed by atoms with Crippen LogP contribution in [0, 0.1) is 0 Å². The van der Waals surface area contributed by atoms with Gasteiger partial charge in [0.15, 0.2) is 0 Å². The molecule has 3 nitrogen and oxygen atoms in total. The molecule has 1 aliphatic heterocycles. The second kappa shape index (κ2) is 3.29. The lowest BCUT2D eigenvalue weighted by molar-refractivity contribution is 0.0867. The lowest BCUT2D eigenvalue weighted by Crippen LogP contribution is -2.10. The van der Waals surface area contributed by atoms with Crippen molar-refractivity contribution >= 4 is 0 Å². The van der Waals surface area contributed by atoms with Crippen molar-refractivity contribution in [3.63, 3.8) is 0 Å². The lowest BCUT2D eigenvalue weighted by Gasteiger charge is -1.97. The zero-order chi connectivity index (χ0) is 8.39. The van der Waals surface area contributed by atoms with E-state index in [0.717, 1.165) is 6.54 Å². The normalized spacial score (nSPS) is 15.1. The van der Waals surface area contributed by atoms with Crippen molar-refractivity contribution in [3.05, 3.63) is 23.5 Å². The predicted molar refractivity (Wildman–Crippen MR) is 46.6 cm³/mol. The van der Waals surface area contributed by atoms with Crippen LogP contribution in [-0.4, -0.2) is 11.7 Å². The molecule has 2 heterocycles. The predicted octanol–water partition coefficient (Wildman–Crippen LogP) is 1.09. The van der Waals surface area contributed by atoms with Crippen molar-refractivity contribution in [2.24, 2.45) is 0 Å². The number of fused-ring (bicyclic) bond motifs is 1. The van der Waals surface area contributed by atoms with Crippen molar-refractivity contribution < 1.29 is 4.84 Å². The van der Waals surface area contributed by atoms with E-state index in [-0.39, 0.29) is 0 Å². The molecule has 0 radical (unpaired) electrons. The Kier molecular flexibility index (Phi) is 2.15. The van der Waals surface area contributed by atoms with Crippen LogP contribution >= 0.6 is 0 Å². The molecule has 1 aromatic heterocycles. The number of nitrogens with one attached hydrogen (secondary N) is 1. The van der Waals surface area contributed by atoms with Gasteiger partial charge in [0.05, 0.1) is 7.11 Å². The fourth-order valence-electron chi connectivity index (χ4n) is 1.72. The van der Waals surface area contributed by atoms with Gasteiger partial charge in [-0.3, -0.25) is 0 Å². The van der Waals surface area contributed by atoms with Crippen LogP contribution in [0.5, 0.6) is 0 Å². The molecule has 1 aliphatic rings. The quantitative estimate of drug-likeness (QED) is 0.680. The molecule has 2 rings (SSSR count). The van der Waals surface area contributed by atoms with Crippen molar-refractivity contribution in [3.8, 4) is 0 Å². The Labute approximate surface area is 72.3 Å². The summed E-state index contributed by atoms with van der Waals surface area (Å²) in [6, 6.07) is 2.25. The van der Waals surface area contributed by atoms with Crippen LogP contribution in [0.1, 0.15) is 17.7 Å². The van der Waals surface area contributed by atoms with Gasteiger partial charge in [-0.05, 0) is 24.5 Å². The first kappa shape index (κ1) is 7.83. The van der Waals surface area contributed by atoms with E-state index in [9.17, 15) is 0 Å². The van der Waals surface area contributed by atoms with Crippen molar-refractivity contribution in [1.82, 2.24) is 10.0 Å². The van der Waals surface area contributed by atoms with Gasteiger partial charge in [0.25, 0.3) is 0 Å². The van der Waals surface area contributed by atoms with Gasteiger partial charge in [-0.1, -0.05) is 0 Å². The number of nitrogens with zero attached hydrogens (tertiary/aromatic N) is 1. The largest absolute Gasteiger partial charge is 0.351 e. The Balaban J connectivity index is 2.05. The van der Waals surface area contributed by atoms with E-state index < -0.39 is 0 Å². The fourth-order valence-corrected chi connectivity index (χ4v) is 1.72. The smallest absolute Gasteiger partial charge is 0.0572 e. The maximum Gasteiger partial charge on any atom is 0.0572 e. The summed E-state index contributed by atoms with van der Waals surface area (Å²) in [5, 5.41) is 0. The average Bonchev–Trinajstić information content (AvgIpc) is 2.58. The highest BCUT2D eigenvalue weighted by Crippen LogP contribution is 2.17. The molecule has 66 valence electrons. The first-order chi connectivity index (χ1) is 5.90. The zero-order valence-electron chi connectivity index (χ0n) is 7.34. The average molecular weight is 166 g/mol. The molecular formula is C9H14N2O. The van der Waals surface area contributed by atoms with Gasteiger partial charge in [0, 0.05) is 25.0 Å². The third-order valence-corrected chi connectivity index (χ3v) is 2.30. The fraction of sp³-hybridized carbons (Fsp3) is 0.556. The van der Waals surface area contributed by atoms with E-state index in [1.54, 1.807) is 7.11 Å². The van der Waals surface area contributed by atoms with Gasteiger partial charge >= 0.3 is 0 Å². The third kappa shape index (κ3) is 1.38. The molecule has 1 aromatic rings. The monoisotopic (exact) mass is 166 g/mol. The highest BCUT2D eigenvalue weighted by atomic mass is 16.6. The maximum atomic E-state index is 4.79. The molecule has 0 bridgehead atoms. The highest BCUT2D eigenvalue weighted by Gasteiger charge is 2.10. The summed E-state index contributed by atoms with van der Waals surface area (Å²) in [7, 11) is 1.64. The van der Waals surface area contributed by atoms with Crippen LogP contribution < -0.4 is 5.48 Å². The molecule has 0 amide bonds. The molecule has 1 N–H and O–H groups in total. The van der Waals surface area contributed by atoms with Crippen LogP contribution in [0.4, 0.5) is 0 Å². The summed E-state index contributed by atoms with van der Waals surface area (Å²) in [6.07, 6.45) is 4.73. The van der Waals surface area contributed by atoms with E-state index in [4.69, 9.17) is 4.84 Å². The molecule has 12 heavy (non-hydrogen) atoms. The topological polar surface area (TPSA) is 26.2 Å². The number of hydroxylamine groups is 1. The molecular weight excluding hydrogens is 152 g/mol. The molecule has 0 fully saturated rings. The summed E-state index contributed by atoms with van der Waals surface area (Å²) in [4.78, 5) is 4.79. The van der Waals surface area contributed by atoms with Crippen LogP contribution in [0.2, 0.25) is 0 Å². The Morgan fingerprint density at radius 3 is 3.33 bits per heavy atom. The van der Waals surface area contributed by atoms with Crippen LogP contribution in [0.15, 0.2) is 12.3 Å². The summed E-state index contributed by atoms with van der Waals surface area (Å²) < 4.78 is 2.33. The number of aromatic nitrogens is 1. The van der Waals surface area contributed by atoms with Gasteiger partial charge in [-0.2, -0.15) is 5.48 Å². The summed E-state index contributed by atoms with van der Waals surface area (Å²) in [5.74, 6) is 0. The Morgan fingerprint density at radius 2 is 2.58 bits per heavy atom. The van der Waals surface area contributed by atoms with Gasteiger partial charge in [-0.15, -0.1) is 0 Å².